The Kier molecular flexibility index (Phi) is 2.73. The number of nitrogens with zero attached hydrogens (tertiary/aromatic N) is 1. The van der Waals surface area contributed by atoms with Gasteiger partial charge in [-0.3, -0.25) is 4.79 Å². The third kappa shape index (κ3) is 1.78. The van der Waals surface area contributed by atoms with Crippen molar-refractivity contribution in [3.05, 3.63) is 0 Å². The summed E-state index contributed by atoms with van der Waals surface area (Å²) in [7, 11) is 1.90. The fourth-order valence-corrected chi connectivity index (χ4v) is 1.68. The summed E-state index contributed by atoms with van der Waals surface area (Å²) in [6, 6.07) is 0. The third-order valence-corrected chi connectivity index (χ3v) is 2.96. The molecule has 12 heavy (non-hydrogen) atoms. The van der Waals surface area contributed by atoms with Gasteiger partial charge in [0.05, 0.1) is 0 Å². The molecule has 0 unspecified atom stereocenters. The van der Waals surface area contributed by atoms with Crippen molar-refractivity contribution >= 4 is 5.91 Å². The number of hydrogen-bond donors (Lipinski definition) is 1. The van der Waals surface area contributed by atoms with Crippen LogP contribution in [-0.2, 0) is 4.79 Å². The lowest BCUT2D eigenvalue weighted by atomic mass is 9.89. The SMILES string of the molecule is CC(=O)N(C)C1(C)CCNCC1. The molecular weight excluding hydrogens is 152 g/mol. The monoisotopic (exact) mass is 170 g/mol. The lowest BCUT2D eigenvalue weighted by molar-refractivity contribution is -0.133. The quantitative estimate of drug-likeness (QED) is 0.625. The van der Waals surface area contributed by atoms with Gasteiger partial charge in [-0.15, -0.1) is 0 Å². The molecule has 3 heteroatoms. The highest BCUT2D eigenvalue weighted by molar-refractivity contribution is 5.73. The Balaban J connectivity index is 2.62. The predicted molar refractivity (Wildman–Crippen MR) is 49.0 cm³/mol. The third-order valence-electron chi connectivity index (χ3n) is 2.96. The van der Waals surface area contributed by atoms with Crippen molar-refractivity contribution in [2.24, 2.45) is 0 Å². The zero-order chi connectivity index (χ0) is 9.19. The number of amides is 1. The second-order valence-corrected chi connectivity index (χ2v) is 3.82. The number of carbonyl (C=O) groups is 1. The number of rotatable bonds is 1. The van der Waals surface area contributed by atoms with Crippen molar-refractivity contribution in [1.82, 2.24) is 10.2 Å². The highest BCUT2D eigenvalue weighted by atomic mass is 16.2. The Morgan fingerprint density at radius 1 is 1.42 bits per heavy atom. The maximum Gasteiger partial charge on any atom is 0.219 e. The van der Waals surface area contributed by atoms with Crippen LogP contribution in [0.3, 0.4) is 0 Å². The number of piperidine rings is 1. The number of hydrogen-bond acceptors (Lipinski definition) is 2. The Labute approximate surface area is 74.1 Å². The predicted octanol–water partition coefficient (Wildman–Crippen LogP) is 0.607. The second kappa shape index (κ2) is 3.44. The summed E-state index contributed by atoms with van der Waals surface area (Å²) in [5, 5.41) is 3.30. The first-order chi connectivity index (χ1) is 5.56. The molecule has 0 aliphatic carbocycles. The first-order valence-electron chi connectivity index (χ1n) is 4.51. The highest BCUT2D eigenvalue weighted by Gasteiger charge is 2.32. The van der Waals surface area contributed by atoms with Gasteiger partial charge < -0.3 is 10.2 Å². The molecule has 0 spiro atoms. The van der Waals surface area contributed by atoms with E-state index in [1.54, 1.807) is 6.92 Å². The van der Waals surface area contributed by atoms with E-state index in [-0.39, 0.29) is 11.4 Å². The zero-order valence-electron chi connectivity index (χ0n) is 8.18. The molecule has 0 aromatic rings. The minimum atomic E-state index is 0.0804. The van der Waals surface area contributed by atoms with Crippen molar-refractivity contribution in [2.75, 3.05) is 20.1 Å². The summed E-state index contributed by atoms with van der Waals surface area (Å²) in [6.07, 6.45) is 2.12. The van der Waals surface area contributed by atoms with E-state index in [0.717, 1.165) is 25.9 Å². The molecule has 0 aromatic carbocycles. The van der Waals surface area contributed by atoms with Crippen LogP contribution in [-0.4, -0.2) is 36.5 Å². The zero-order valence-corrected chi connectivity index (χ0v) is 8.18. The largest absolute Gasteiger partial charge is 0.341 e. The lowest BCUT2D eigenvalue weighted by Gasteiger charge is -2.41. The Morgan fingerprint density at radius 3 is 2.33 bits per heavy atom. The molecular formula is C9H18N2O. The van der Waals surface area contributed by atoms with E-state index in [4.69, 9.17) is 0 Å². The summed E-state index contributed by atoms with van der Waals surface area (Å²) in [6.45, 7) is 5.84. The molecule has 70 valence electrons. The molecule has 0 saturated carbocycles. The summed E-state index contributed by atoms with van der Waals surface area (Å²) >= 11 is 0. The van der Waals surface area contributed by atoms with Crippen molar-refractivity contribution in [3.8, 4) is 0 Å². The van der Waals surface area contributed by atoms with Crippen LogP contribution in [0.5, 0.6) is 0 Å². The molecule has 0 bridgehead atoms. The van der Waals surface area contributed by atoms with E-state index in [1.165, 1.54) is 0 Å². The van der Waals surface area contributed by atoms with Gasteiger partial charge in [-0.1, -0.05) is 0 Å². The van der Waals surface area contributed by atoms with Crippen LogP contribution in [0.2, 0.25) is 0 Å². The van der Waals surface area contributed by atoms with Gasteiger partial charge in [0.15, 0.2) is 0 Å². The maximum atomic E-state index is 11.2. The van der Waals surface area contributed by atoms with Gasteiger partial charge in [0, 0.05) is 19.5 Å². The minimum absolute atomic E-state index is 0.0804. The second-order valence-electron chi connectivity index (χ2n) is 3.82. The van der Waals surface area contributed by atoms with E-state index in [2.05, 4.69) is 12.2 Å². The molecule has 3 nitrogen and oxygen atoms in total. The Morgan fingerprint density at radius 2 is 1.92 bits per heavy atom. The van der Waals surface area contributed by atoms with Crippen LogP contribution in [0.1, 0.15) is 26.7 Å². The van der Waals surface area contributed by atoms with Gasteiger partial charge in [0.1, 0.15) is 0 Å². The molecule has 1 heterocycles. The van der Waals surface area contributed by atoms with Crippen LogP contribution in [0, 0.1) is 0 Å². The van der Waals surface area contributed by atoms with Gasteiger partial charge in [-0.25, -0.2) is 0 Å². The van der Waals surface area contributed by atoms with Crippen molar-refractivity contribution in [3.63, 3.8) is 0 Å². The molecule has 1 saturated heterocycles. The molecule has 0 radical (unpaired) electrons. The van der Waals surface area contributed by atoms with Crippen LogP contribution in [0.15, 0.2) is 0 Å². The smallest absolute Gasteiger partial charge is 0.219 e. The van der Waals surface area contributed by atoms with Gasteiger partial charge in [-0.2, -0.15) is 0 Å². The average molecular weight is 170 g/mol. The summed E-state index contributed by atoms with van der Waals surface area (Å²) in [5.41, 5.74) is 0.0804. The summed E-state index contributed by atoms with van der Waals surface area (Å²) < 4.78 is 0. The molecule has 1 aliphatic rings. The maximum absolute atomic E-state index is 11.2. The van der Waals surface area contributed by atoms with Crippen molar-refractivity contribution in [1.29, 1.82) is 0 Å². The fourth-order valence-electron chi connectivity index (χ4n) is 1.68. The first kappa shape index (κ1) is 9.52. The lowest BCUT2D eigenvalue weighted by Crippen LogP contribution is -2.52. The van der Waals surface area contributed by atoms with E-state index in [0.29, 0.717) is 0 Å². The fraction of sp³-hybridized carbons (Fsp3) is 0.889. The average Bonchev–Trinajstić information content (AvgIpc) is 2.04. The number of carbonyl (C=O) groups excluding carboxylic acids is 1. The molecule has 0 aromatic heterocycles. The van der Waals surface area contributed by atoms with Crippen molar-refractivity contribution in [2.45, 2.75) is 32.2 Å². The van der Waals surface area contributed by atoms with E-state index >= 15 is 0 Å². The van der Waals surface area contributed by atoms with Gasteiger partial charge in [0.25, 0.3) is 0 Å². The van der Waals surface area contributed by atoms with Crippen LogP contribution < -0.4 is 5.32 Å². The topological polar surface area (TPSA) is 32.3 Å². The summed E-state index contributed by atoms with van der Waals surface area (Å²) in [4.78, 5) is 13.0. The molecule has 1 fully saturated rings. The highest BCUT2D eigenvalue weighted by Crippen LogP contribution is 2.23. The normalized spacial score (nSPS) is 21.9. The Hall–Kier alpha value is -0.570. The minimum Gasteiger partial charge on any atom is -0.341 e. The van der Waals surface area contributed by atoms with Gasteiger partial charge in [-0.05, 0) is 32.9 Å². The molecule has 0 atom stereocenters. The molecule has 1 rings (SSSR count). The van der Waals surface area contributed by atoms with E-state index in [1.807, 2.05) is 11.9 Å². The first-order valence-corrected chi connectivity index (χ1v) is 4.51. The van der Waals surface area contributed by atoms with E-state index in [9.17, 15) is 4.79 Å². The van der Waals surface area contributed by atoms with Crippen LogP contribution >= 0.6 is 0 Å². The Bertz CT molecular complexity index is 173. The number of nitrogens with one attached hydrogen (secondary N) is 1. The van der Waals surface area contributed by atoms with E-state index < -0.39 is 0 Å². The van der Waals surface area contributed by atoms with Crippen LogP contribution in [0.4, 0.5) is 0 Å². The molecule has 1 amide bonds. The van der Waals surface area contributed by atoms with Gasteiger partial charge >= 0.3 is 0 Å². The van der Waals surface area contributed by atoms with Crippen LogP contribution in [0.25, 0.3) is 0 Å². The summed E-state index contributed by atoms with van der Waals surface area (Å²) in [5.74, 6) is 0.166. The molecule has 1 aliphatic heterocycles. The van der Waals surface area contributed by atoms with Gasteiger partial charge in [0.2, 0.25) is 5.91 Å². The molecule has 1 N–H and O–H groups in total. The standard InChI is InChI=1S/C9H18N2O/c1-8(12)11(3)9(2)4-6-10-7-5-9/h10H,4-7H2,1-3H3. The van der Waals surface area contributed by atoms with Crippen molar-refractivity contribution < 1.29 is 4.79 Å².